The monoisotopic (exact) mass is 410 g/mol. The van der Waals surface area contributed by atoms with Gasteiger partial charge in [-0.05, 0) is 36.2 Å². The molecule has 0 saturated carbocycles. The molecular weight excluding hydrogens is 388 g/mol. The molecule has 0 saturated heterocycles. The van der Waals surface area contributed by atoms with E-state index in [-0.39, 0.29) is 5.92 Å². The third kappa shape index (κ3) is 4.41. The van der Waals surface area contributed by atoms with Crippen LogP contribution in [0, 0.1) is 5.92 Å². The van der Waals surface area contributed by atoms with Crippen molar-refractivity contribution in [3.8, 4) is 16.9 Å². The van der Waals surface area contributed by atoms with E-state index in [9.17, 15) is 13.5 Å². The molecule has 0 spiro atoms. The fraction of sp³-hybridized carbons (Fsp3) is 0.227. The number of nitrogens with zero attached hydrogens (tertiary/aromatic N) is 1. The van der Waals surface area contributed by atoms with E-state index in [0.29, 0.717) is 24.5 Å². The molecule has 29 heavy (non-hydrogen) atoms. The number of aliphatic hydroxyl groups is 1. The van der Waals surface area contributed by atoms with Gasteiger partial charge in [0.25, 0.3) is 0 Å². The van der Waals surface area contributed by atoms with Crippen molar-refractivity contribution in [1.29, 1.82) is 0 Å². The molecule has 0 radical (unpaired) electrons. The maximum atomic E-state index is 11.7. The van der Waals surface area contributed by atoms with E-state index >= 15 is 0 Å². The van der Waals surface area contributed by atoms with Gasteiger partial charge in [-0.2, -0.15) is 0 Å². The van der Waals surface area contributed by atoms with Crippen LogP contribution in [0.1, 0.15) is 17.4 Å². The first kappa shape index (κ1) is 19.4. The average molecular weight is 410 g/mol. The number of para-hydroxylation sites is 1. The van der Waals surface area contributed by atoms with Crippen molar-refractivity contribution in [2.24, 2.45) is 5.92 Å². The Bertz CT molecular complexity index is 1120. The first-order valence-corrected chi connectivity index (χ1v) is 11.2. The van der Waals surface area contributed by atoms with Gasteiger partial charge in [0, 0.05) is 28.9 Å². The third-order valence-electron chi connectivity index (χ3n) is 4.96. The summed E-state index contributed by atoms with van der Waals surface area (Å²) in [4.78, 5) is 4.33. The normalized spacial score (nSPS) is 18.6. The zero-order chi connectivity index (χ0) is 20.4. The lowest BCUT2D eigenvalue weighted by Crippen LogP contribution is -2.28. The fourth-order valence-corrected chi connectivity index (χ4v) is 4.17. The van der Waals surface area contributed by atoms with Gasteiger partial charge in [0.2, 0.25) is 10.0 Å². The van der Waals surface area contributed by atoms with Gasteiger partial charge >= 0.3 is 0 Å². The molecule has 150 valence electrons. The number of hydrogen-bond donors (Lipinski definition) is 2. The minimum absolute atomic E-state index is 0.0811. The molecule has 1 aliphatic rings. The summed E-state index contributed by atoms with van der Waals surface area (Å²) in [5, 5.41) is 10.9. The minimum Gasteiger partial charge on any atom is -0.493 e. The van der Waals surface area contributed by atoms with E-state index in [1.54, 1.807) is 18.3 Å². The van der Waals surface area contributed by atoms with Crippen LogP contribution in [-0.2, 0) is 16.4 Å². The highest BCUT2D eigenvalue weighted by Gasteiger charge is 2.30. The second kappa shape index (κ2) is 7.85. The van der Waals surface area contributed by atoms with Crippen LogP contribution in [0.2, 0.25) is 0 Å². The maximum absolute atomic E-state index is 11.7. The third-order valence-corrected chi connectivity index (χ3v) is 5.55. The Morgan fingerprint density at radius 1 is 1.14 bits per heavy atom. The van der Waals surface area contributed by atoms with E-state index < -0.39 is 16.1 Å². The number of aliphatic hydroxyl groups excluding tert-OH is 1. The molecule has 4 rings (SSSR count). The quantitative estimate of drug-likeness (QED) is 0.673. The zero-order valence-electron chi connectivity index (χ0n) is 15.9. The highest BCUT2D eigenvalue weighted by molar-refractivity contribution is 7.92. The van der Waals surface area contributed by atoms with Crippen molar-refractivity contribution in [2.45, 2.75) is 12.5 Å². The van der Waals surface area contributed by atoms with E-state index in [0.717, 1.165) is 28.6 Å². The molecule has 7 heteroatoms. The standard InChI is InChI=1S/C22H22N2O4S/c1-29(26,27)24-20-8-3-2-7-18(20)15-9-10-19-21(13-15)28-14-16(22(19)25)12-17-6-4-5-11-23-17/h2-11,13,16,22,24-25H,12,14H2,1H3/t16-,22+/m1/s1. The molecule has 2 N–H and O–H groups in total. The number of sulfonamides is 1. The maximum Gasteiger partial charge on any atom is 0.229 e. The van der Waals surface area contributed by atoms with Crippen molar-refractivity contribution in [3.63, 3.8) is 0 Å². The molecule has 1 aromatic heterocycles. The van der Waals surface area contributed by atoms with Gasteiger partial charge in [0.05, 0.1) is 24.7 Å². The highest BCUT2D eigenvalue weighted by Crippen LogP contribution is 2.40. The Hall–Kier alpha value is -2.90. The summed E-state index contributed by atoms with van der Waals surface area (Å²) in [5.74, 6) is 0.531. The SMILES string of the molecule is CS(=O)(=O)Nc1ccccc1-c1ccc2c(c1)OC[C@@H](Cc1ccccn1)[C@@H]2O. The van der Waals surface area contributed by atoms with Crippen LogP contribution in [0.25, 0.3) is 11.1 Å². The van der Waals surface area contributed by atoms with Crippen molar-refractivity contribution in [2.75, 3.05) is 17.6 Å². The topological polar surface area (TPSA) is 88.5 Å². The second-order valence-electron chi connectivity index (χ2n) is 7.21. The van der Waals surface area contributed by atoms with Crippen molar-refractivity contribution in [3.05, 3.63) is 78.1 Å². The average Bonchev–Trinajstić information content (AvgIpc) is 2.70. The summed E-state index contributed by atoms with van der Waals surface area (Å²) in [5.41, 5.74) is 3.70. The molecular formula is C22H22N2O4S. The molecule has 0 fully saturated rings. The summed E-state index contributed by atoms with van der Waals surface area (Å²) < 4.78 is 31.8. The van der Waals surface area contributed by atoms with Gasteiger partial charge < -0.3 is 9.84 Å². The molecule has 0 bridgehead atoms. The number of fused-ring (bicyclic) bond motifs is 1. The lowest BCUT2D eigenvalue weighted by atomic mass is 9.88. The molecule has 2 aromatic carbocycles. The minimum atomic E-state index is -3.40. The largest absolute Gasteiger partial charge is 0.493 e. The number of hydrogen-bond acceptors (Lipinski definition) is 5. The number of aromatic nitrogens is 1. The predicted molar refractivity (Wildman–Crippen MR) is 112 cm³/mol. The Morgan fingerprint density at radius 2 is 1.93 bits per heavy atom. The van der Waals surface area contributed by atoms with Crippen LogP contribution >= 0.6 is 0 Å². The van der Waals surface area contributed by atoms with Crippen LogP contribution in [0.5, 0.6) is 5.75 Å². The molecule has 2 heterocycles. The van der Waals surface area contributed by atoms with Crippen molar-refractivity contribution in [1.82, 2.24) is 4.98 Å². The van der Waals surface area contributed by atoms with Crippen LogP contribution in [0.3, 0.4) is 0 Å². The molecule has 0 aliphatic carbocycles. The van der Waals surface area contributed by atoms with E-state index in [2.05, 4.69) is 9.71 Å². The summed E-state index contributed by atoms with van der Waals surface area (Å²) in [6, 6.07) is 18.5. The smallest absolute Gasteiger partial charge is 0.229 e. The lowest BCUT2D eigenvalue weighted by Gasteiger charge is -2.30. The number of rotatable bonds is 5. The van der Waals surface area contributed by atoms with Gasteiger partial charge in [0.1, 0.15) is 5.75 Å². The summed E-state index contributed by atoms with van der Waals surface area (Å²) >= 11 is 0. The summed E-state index contributed by atoms with van der Waals surface area (Å²) in [7, 11) is -3.40. The first-order valence-electron chi connectivity index (χ1n) is 9.32. The fourth-order valence-electron chi connectivity index (χ4n) is 3.59. The van der Waals surface area contributed by atoms with Gasteiger partial charge in [-0.15, -0.1) is 0 Å². The van der Waals surface area contributed by atoms with Crippen molar-refractivity contribution >= 4 is 15.7 Å². The molecule has 6 nitrogen and oxygen atoms in total. The van der Waals surface area contributed by atoms with Crippen LogP contribution in [0.15, 0.2) is 66.9 Å². The van der Waals surface area contributed by atoms with Crippen molar-refractivity contribution < 1.29 is 18.3 Å². The molecule has 3 aromatic rings. The van der Waals surface area contributed by atoms with Crippen LogP contribution < -0.4 is 9.46 Å². The number of benzene rings is 2. The Kier molecular flexibility index (Phi) is 5.25. The summed E-state index contributed by atoms with van der Waals surface area (Å²) in [6.45, 7) is 0.386. The number of nitrogens with one attached hydrogen (secondary N) is 1. The number of ether oxygens (including phenoxy) is 1. The predicted octanol–water partition coefficient (Wildman–Crippen LogP) is 3.40. The first-order chi connectivity index (χ1) is 13.9. The van der Waals surface area contributed by atoms with E-state index in [1.165, 1.54) is 0 Å². The highest BCUT2D eigenvalue weighted by atomic mass is 32.2. The zero-order valence-corrected chi connectivity index (χ0v) is 16.8. The molecule has 1 aliphatic heterocycles. The van der Waals surface area contributed by atoms with E-state index in [1.807, 2.05) is 48.5 Å². The second-order valence-corrected chi connectivity index (χ2v) is 8.96. The van der Waals surface area contributed by atoms with Crippen LogP contribution in [0.4, 0.5) is 5.69 Å². The number of anilines is 1. The Labute approximate surface area is 170 Å². The summed E-state index contributed by atoms with van der Waals surface area (Å²) in [6.07, 6.45) is 2.84. The van der Waals surface area contributed by atoms with Gasteiger partial charge in [-0.25, -0.2) is 8.42 Å². The molecule has 2 atom stereocenters. The van der Waals surface area contributed by atoms with Gasteiger partial charge in [-0.1, -0.05) is 36.4 Å². The number of pyridine rings is 1. The Balaban J connectivity index is 1.61. The molecule has 0 unspecified atom stereocenters. The van der Waals surface area contributed by atoms with Gasteiger partial charge in [-0.3, -0.25) is 9.71 Å². The van der Waals surface area contributed by atoms with Crippen LogP contribution in [-0.4, -0.2) is 31.4 Å². The van der Waals surface area contributed by atoms with Gasteiger partial charge in [0.15, 0.2) is 0 Å². The Morgan fingerprint density at radius 3 is 2.69 bits per heavy atom. The lowest BCUT2D eigenvalue weighted by molar-refractivity contribution is 0.0503. The van der Waals surface area contributed by atoms with E-state index in [4.69, 9.17) is 4.74 Å². The molecule has 0 amide bonds.